The summed E-state index contributed by atoms with van der Waals surface area (Å²) in [5.41, 5.74) is 0.485. The van der Waals surface area contributed by atoms with Crippen LogP contribution in [0.4, 0.5) is 16.2 Å². The molecule has 1 saturated heterocycles. The van der Waals surface area contributed by atoms with E-state index in [1.807, 2.05) is 45.0 Å². The number of halogens is 1. The normalized spacial score (nSPS) is 20.1. The number of hydrogen-bond donors (Lipinski definition) is 1. The van der Waals surface area contributed by atoms with Crippen LogP contribution in [0.3, 0.4) is 0 Å². The molecular weight excluding hydrogens is 410 g/mol. The first-order chi connectivity index (χ1) is 14.7. The number of nitrogens with zero attached hydrogens (tertiary/aromatic N) is 3. The van der Waals surface area contributed by atoms with Crippen LogP contribution in [0.15, 0.2) is 72.8 Å². The molecule has 0 aromatic heterocycles. The van der Waals surface area contributed by atoms with Gasteiger partial charge in [-0.05, 0) is 69.3 Å². The Morgan fingerprint density at radius 3 is 2.10 bits per heavy atom. The van der Waals surface area contributed by atoms with Gasteiger partial charge in [-0.15, -0.1) is 0 Å². The maximum Gasteiger partial charge on any atom is 0.332 e. The van der Waals surface area contributed by atoms with Crippen molar-refractivity contribution in [1.29, 1.82) is 5.26 Å². The lowest BCUT2D eigenvalue weighted by atomic mass is 9.83. The quantitative estimate of drug-likeness (QED) is 0.587. The topological polar surface area (TPSA) is 67.6 Å². The van der Waals surface area contributed by atoms with Crippen molar-refractivity contribution in [2.24, 2.45) is 0 Å². The third-order valence-electron chi connectivity index (χ3n) is 5.88. The number of anilines is 2. The van der Waals surface area contributed by atoms with E-state index in [1.54, 1.807) is 53.4 Å². The number of carbonyl (C=O) groups excluding carboxylic acids is 1. The Labute approximate surface area is 186 Å². The standard InChI is InChI=1S/C25H22ClN3O2/c1-17-5-4-6-19(15-17)25(31)24(2,3)28(21-11-7-18(16-27)8-12-21)23(30)29(25)22-13-9-20(26)10-14-22/h4-15,31H,1-3H3. The van der Waals surface area contributed by atoms with Gasteiger partial charge in [-0.2, -0.15) is 5.26 Å². The van der Waals surface area contributed by atoms with Crippen LogP contribution >= 0.6 is 11.6 Å². The number of hydrogen-bond acceptors (Lipinski definition) is 3. The van der Waals surface area contributed by atoms with Crippen LogP contribution < -0.4 is 9.80 Å². The number of nitriles is 1. The summed E-state index contributed by atoms with van der Waals surface area (Å²) >= 11 is 6.07. The van der Waals surface area contributed by atoms with Crippen molar-refractivity contribution in [3.05, 3.63) is 94.5 Å². The van der Waals surface area contributed by atoms with E-state index in [9.17, 15) is 9.90 Å². The van der Waals surface area contributed by atoms with Crippen LogP contribution in [-0.2, 0) is 5.72 Å². The summed E-state index contributed by atoms with van der Waals surface area (Å²) in [7, 11) is 0. The molecule has 0 spiro atoms. The maximum atomic E-state index is 13.8. The first kappa shape index (κ1) is 20.9. The summed E-state index contributed by atoms with van der Waals surface area (Å²) in [5.74, 6) is 0. The Morgan fingerprint density at radius 1 is 0.935 bits per heavy atom. The molecule has 6 heteroatoms. The molecule has 0 saturated carbocycles. The van der Waals surface area contributed by atoms with E-state index in [4.69, 9.17) is 16.9 Å². The van der Waals surface area contributed by atoms with Crippen molar-refractivity contribution in [2.45, 2.75) is 32.0 Å². The van der Waals surface area contributed by atoms with E-state index >= 15 is 0 Å². The maximum absolute atomic E-state index is 13.8. The third kappa shape index (κ3) is 3.16. The number of urea groups is 1. The molecule has 1 aliphatic rings. The number of aliphatic hydroxyl groups is 1. The summed E-state index contributed by atoms with van der Waals surface area (Å²) in [6, 6.07) is 22.8. The molecule has 1 aliphatic heterocycles. The summed E-state index contributed by atoms with van der Waals surface area (Å²) in [5, 5.41) is 21.9. The summed E-state index contributed by atoms with van der Waals surface area (Å²) < 4.78 is 0. The zero-order valence-corrected chi connectivity index (χ0v) is 18.3. The fourth-order valence-corrected chi connectivity index (χ4v) is 4.38. The smallest absolute Gasteiger partial charge is 0.332 e. The molecule has 2 amide bonds. The van der Waals surface area contributed by atoms with Gasteiger partial charge in [0.15, 0.2) is 5.72 Å². The first-order valence-electron chi connectivity index (χ1n) is 9.90. The Kier molecular flexibility index (Phi) is 5.01. The van der Waals surface area contributed by atoms with Gasteiger partial charge in [0, 0.05) is 22.0 Å². The highest BCUT2D eigenvalue weighted by molar-refractivity contribution is 6.30. The van der Waals surface area contributed by atoms with Gasteiger partial charge in [-0.25, -0.2) is 4.79 Å². The van der Waals surface area contributed by atoms with Crippen molar-refractivity contribution in [3.8, 4) is 6.07 Å². The Hall–Kier alpha value is -3.33. The van der Waals surface area contributed by atoms with Crippen molar-refractivity contribution >= 4 is 29.0 Å². The van der Waals surface area contributed by atoms with Crippen LogP contribution in [0.1, 0.15) is 30.5 Å². The molecule has 1 fully saturated rings. The van der Waals surface area contributed by atoms with Gasteiger partial charge in [0.25, 0.3) is 0 Å². The average Bonchev–Trinajstić information content (AvgIpc) is 2.91. The highest BCUT2D eigenvalue weighted by Gasteiger charge is 2.64. The zero-order chi connectivity index (χ0) is 22.4. The molecule has 156 valence electrons. The van der Waals surface area contributed by atoms with Gasteiger partial charge in [0.05, 0.1) is 17.2 Å². The lowest BCUT2D eigenvalue weighted by molar-refractivity contribution is -0.00251. The Morgan fingerprint density at radius 2 is 1.52 bits per heavy atom. The van der Waals surface area contributed by atoms with Gasteiger partial charge in [0.2, 0.25) is 0 Å². The number of rotatable bonds is 3. The molecule has 0 bridgehead atoms. The zero-order valence-electron chi connectivity index (χ0n) is 17.5. The van der Waals surface area contributed by atoms with Gasteiger partial charge in [-0.1, -0.05) is 41.4 Å². The molecule has 1 atom stereocenters. The summed E-state index contributed by atoms with van der Waals surface area (Å²) in [6.07, 6.45) is 0. The average molecular weight is 432 g/mol. The van der Waals surface area contributed by atoms with Crippen LogP contribution in [0, 0.1) is 18.3 Å². The van der Waals surface area contributed by atoms with E-state index < -0.39 is 11.3 Å². The molecule has 31 heavy (non-hydrogen) atoms. The summed E-state index contributed by atoms with van der Waals surface area (Å²) in [6.45, 7) is 5.62. The SMILES string of the molecule is Cc1cccc(C2(O)N(c3ccc(Cl)cc3)C(=O)N(c3ccc(C#N)cc3)C2(C)C)c1. The fourth-order valence-electron chi connectivity index (χ4n) is 4.26. The van der Waals surface area contributed by atoms with Crippen LogP contribution in [0.2, 0.25) is 5.02 Å². The monoisotopic (exact) mass is 431 g/mol. The van der Waals surface area contributed by atoms with E-state index in [0.29, 0.717) is 27.5 Å². The number of aryl methyl sites for hydroxylation is 1. The fraction of sp³-hybridized carbons (Fsp3) is 0.200. The second kappa shape index (κ2) is 7.42. The molecule has 1 unspecified atom stereocenters. The van der Waals surface area contributed by atoms with Crippen molar-refractivity contribution in [1.82, 2.24) is 0 Å². The van der Waals surface area contributed by atoms with Gasteiger partial charge in [-0.3, -0.25) is 9.80 Å². The number of benzene rings is 3. The second-order valence-electron chi connectivity index (χ2n) is 8.19. The Balaban J connectivity index is 1.95. The third-order valence-corrected chi connectivity index (χ3v) is 6.13. The number of amides is 2. The minimum Gasteiger partial charge on any atom is -0.365 e. The molecule has 3 aromatic rings. The molecule has 1 heterocycles. The largest absolute Gasteiger partial charge is 0.365 e. The van der Waals surface area contributed by atoms with Gasteiger partial charge < -0.3 is 5.11 Å². The predicted molar refractivity (Wildman–Crippen MR) is 122 cm³/mol. The minimum absolute atomic E-state index is 0.374. The van der Waals surface area contributed by atoms with Gasteiger partial charge in [0.1, 0.15) is 0 Å². The van der Waals surface area contributed by atoms with Gasteiger partial charge >= 0.3 is 6.03 Å². The molecule has 0 aliphatic carbocycles. The van der Waals surface area contributed by atoms with Crippen molar-refractivity contribution < 1.29 is 9.90 Å². The first-order valence-corrected chi connectivity index (χ1v) is 10.3. The lowest BCUT2D eigenvalue weighted by Crippen LogP contribution is -2.56. The molecule has 3 aromatic carbocycles. The van der Waals surface area contributed by atoms with Crippen molar-refractivity contribution in [2.75, 3.05) is 9.80 Å². The van der Waals surface area contributed by atoms with E-state index in [2.05, 4.69) is 6.07 Å². The Bertz CT molecular complexity index is 1180. The number of carbonyl (C=O) groups is 1. The highest BCUT2D eigenvalue weighted by Crippen LogP contribution is 2.50. The van der Waals surface area contributed by atoms with Crippen LogP contribution in [0.25, 0.3) is 0 Å². The van der Waals surface area contributed by atoms with E-state index in [-0.39, 0.29) is 6.03 Å². The van der Waals surface area contributed by atoms with Crippen molar-refractivity contribution in [3.63, 3.8) is 0 Å². The minimum atomic E-state index is -1.67. The lowest BCUT2D eigenvalue weighted by Gasteiger charge is -2.42. The van der Waals surface area contributed by atoms with E-state index in [1.165, 1.54) is 4.90 Å². The molecular formula is C25H22ClN3O2. The predicted octanol–water partition coefficient (Wildman–Crippen LogP) is 5.59. The second-order valence-corrected chi connectivity index (χ2v) is 8.63. The molecule has 0 radical (unpaired) electrons. The highest BCUT2D eigenvalue weighted by atomic mass is 35.5. The molecule has 4 rings (SSSR count). The molecule has 1 N–H and O–H groups in total. The van der Waals surface area contributed by atoms with Crippen LogP contribution in [-0.4, -0.2) is 16.7 Å². The van der Waals surface area contributed by atoms with E-state index in [0.717, 1.165) is 5.56 Å². The van der Waals surface area contributed by atoms with Crippen LogP contribution in [0.5, 0.6) is 0 Å². The summed E-state index contributed by atoms with van der Waals surface area (Å²) in [4.78, 5) is 16.8. The molecule has 5 nitrogen and oxygen atoms in total.